The van der Waals surface area contributed by atoms with E-state index in [4.69, 9.17) is 4.74 Å². The summed E-state index contributed by atoms with van der Waals surface area (Å²) < 4.78 is 5.08. The van der Waals surface area contributed by atoms with E-state index in [1.54, 1.807) is 11.3 Å². The van der Waals surface area contributed by atoms with Gasteiger partial charge in [-0.3, -0.25) is 19.3 Å². The Morgan fingerprint density at radius 2 is 1.84 bits per heavy atom. The molecule has 0 unspecified atom stereocenters. The van der Waals surface area contributed by atoms with Crippen molar-refractivity contribution in [3.05, 3.63) is 57.3 Å². The maximum atomic E-state index is 12.9. The van der Waals surface area contributed by atoms with Crippen LogP contribution in [0.4, 0.5) is 0 Å². The molecule has 162 valence electrons. The van der Waals surface area contributed by atoms with Gasteiger partial charge < -0.3 is 10.1 Å². The Morgan fingerprint density at radius 1 is 1.06 bits per heavy atom. The van der Waals surface area contributed by atoms with Crippen molar-refractivity contribution in [1.82, 2.24) is 10.2 Å². The number of thiophene rings is 1. The van der Waals surface area contributed by atoms with Crippen molar-refractivity contribution >= 4 is 35.0 Å². The Morgan fingerprint density at radius 3 is 2.58 bits per heavy atom. The van der Waals surface area contributed by atoms with E-state index >= 15 is 0 Å². The molecule has 1 fully saturated rings. The lowest BCUT2D eigenvalue weighted by Gasteiger charge is -2.29. The molecule has 4 rings (SSSR count). The molecule has 2 heterocycles. The second-order valence-electron chi connectivity index (χ2n) is 7.79. The number of esters is 1. The quantitative estimate of drug-likeness (QED) is 0.527. The number of nitrogens with one attached hydrogen (secondary N) is 1. The van der Waals surface area contributed by atoms with Crippen LogP contribution in [0.5, 0.6) is 0 Å². The number of amides is 3. The molecule has 2 aliphatic rings. The largest absolute Gasteiger partial charge is 0.452 e. The molecule has 0 spiro atoms. The van der Waals surface area contributed by atoms with Crippen LogP contribution in [0.25, 0.3) is 0 Å². The van der Waals surface area contributed by atoms with Crippen LogP contribution < -0.4 is 5.32 Å². The molecule has 1 N–H and O–H groups in total. The smallest absolute Gasteiger partial charge is 0.338 e. The van der Waals surface area contributed by atoms with Gasteiger partial charge in [-0.2, -0.15) is 0 Å². The highest BCUT2D eigenvalue weighted by Gasteiger charge is 2.40. The molecule has 0 bridgehead atoms. The van der Waals surface area contributed by atoms with Crippen molar-refractivity contribution in [3.63, 3.8) is 0 Å². The lowest BCUT2D eigenvalue weighted by atomic mass is 9.94. The number of benzene rings is 1. The highest BCUT2D eigenvalue weighted by Crippen LogP contribution is 2.31. The van der Waals surface area contributed by atoms with Crippen LogP contribution in [-0.2, 0) is 16.0 Å². The van der Waals surface area contributed by atoms with Crippen LogP contribution in [-0.4, -0.2) is 47.8 Å². The second kappa shape index (κ2) is 9.43. The van der Waals surface area contributed by atoms with Crippen LogP contribution >= 0.6 is 11.3 Å². The van der Waals surface area contributed by atoms with Gasteiger partial charge in [-0.1, -0.05) is 25.3 Å². The van der Waals surface area contributed by atoms with E-state index in [1.165, 1.54) is 23.1 Å². The summed E-state index contributed by atoms with van der Waals surface area (Å²) in [5.41, 5.74) is 0.695. The minimum Gasteiger partial charge on any atom is -0.452 e. The molecule has 2 aromatic rings. The predicted octanol–water partition coefficient (Wildman–Crippen LogP) is 3.19. The van der Waals surface area contributed by atoms with Crippen molar-refractivity contribution in [3.8, 4) is 0 Å². The average molecular weight is 441 g/mol. The van der Waals surface area contributed by atoms with Crippen molar-refractivity contribution < 1.29 is 23.9 Å². The van der Waals surface area contributed by atoms with Gasteiger partial charge in [0, 0.05) is 17.5 Å². The monoisotopic (exact) mass is 440 g/mol. The molecular weight excluding hydrogens is 416 g/mol. The molecule has 1 aliphatic carbocycles. The number of nitrogens with zero attached hydrogens (tertiary/aromatic N) is 1. The summed E-state index contributed by atoms with van der Waals surface area (Å²) in [5.74, 6) is -1.74. The third-order valence-electron chi connectivity index (χ3n) is 5.70. The van der Waals surface area contributed by atoms with Gasteiger partial charge in [0.25, 0.3) is 17.7 Å². The number of ether oxygens (including phenoxy) is 1. The minimum absolute atomic E-state index is 0.0746. The first kappa shape index (κ1) is 21.2. The number of carbonyl (C=O) groups is 4. The van der Waals surface area contributed by atoms with Gasteiger partial charge in [0.15, 0.2) is 6.61 Å². The van der Waals surface area contributed by atoms with Gasteiger partial charge in [-0.15, -0.1) is 11.3 Å². The van der Waals surface area contributed by atoms with Crippen LogP contribution in [0, 0.1) is 0 Å². The SMILES string of the molecule is O=C(COC(=O)c1ccc2c(c1)C(=O)N(C1CCCCC1)C2=O)NCCc1cccs1. The fourth-order valence-corrected chi connectivity index (χ4v) is 4.81. The lowest BCUT2D eigenvalue weighted by molar-refractivity contribution is -0.124. The Labute approximate surface area is 184 Å². The molecule has 0 atom stereocenters. The van der Waals surface area contributed by atoms with Gasteiger partial charge in [-0.05, 0) is 48.9 Å². The first-order chi connectivity index (χ1) is 15.0. The summed E-state index contributed by atoms with van der Waals surface area (Å²) in [5, 5.41) is 4.68. The lowest BCUT2D eigenvalue weighted by Crippen LogP contribution is -2.40. The van der Waals surface area contributed by atoms with E-state index in [0.717, 1.165) is 43.4 Å². The molecular formula is C23H24N2O5S. The van der Waals surface area contributed by atoms with Crippen LogP contribution in [0.15, 0.2) is 35.7 Å². The van der Waals surface area contributed by atoms with E-state index in [1.807, 2.05) is 17.5 Å². The average Bonchev–Trinajstić information content (AvgIpc) is 3.39. The summed E-state index contributed by atoms with van der Waals surface area (Å²) in [6.07, 6.45) is 5.49. The zero-order chi connectivity index (χ0) is 21.8. The molecule has 7 nitrogen and oxygen atoms in total. The number of hydrogen-bond acceptors (Lipinski definition) is 6. The number of fused-ring (bicyclic) bond motifs is 1. The van der Waals surface area contributed by atoms with Gasteiger partial charge in [-0.25, -0.2) is 4.79 Å². The third kappa shape index (κ3) is 4.69. The van der Waals surface area contributed by atoms with Gasteiger partial charge in [0.1, 0.15) is 0 Å². The highest BCUT2D eigenvalue weighted by molar-refractivity contribution is 7.09. The van der Waals surface area contributed by atoms with Crippen molar-refractivity contribution in [2.45, 2.75) is 44.6 Å². The Bertz CT molecular complexity index is 995. The molecule has 1 saturated carbocycles. The van der Waals surface area contributed by atoms with Crippen LogP contribution in [0.2, 0.25) is 0 Å². The molecule has 31 heavy (non-hydrogen) atoms. The molecule has 1 aromatic carbocycles. The fraction of sp³-hybridized carbons (Fsp3) is 0.391. The summed E-state index contributed by atoms with van der Waals surface area (Å²) in [4.78, 5) is 52.4. The third-order valence-corrected chi connectivity index (χ3v) is 6.64. The maximum Gasteiger partial charge on any atom is 0.338 e. The molecule has 1 aromatic heterocycles. The summed E-state index contributed by atoms with van der Waals surface area (Å²) >= 11 is 1.62. The van der Waals surface area contributed by atoms with E-state index < -0.39 is 12.6 Å². The number of imide groups is 1. The number of carbonyl (C=O) groups excluding carboxylic acids is 4. The zero-order valence-corrected chi connectivity index (χ0v) is 17.9. The fourth-order valence-electron chi connectivity index (χ4n) is 4.10. The second-order valence-corrected chi connectivity index (χ2v) is 8.82. The normalized spacial score (nSPS) is 16.3. The van der Waals surface area contributed by atoms with Crippen molar-refractivity contribution in [2.24, 2.45) is 0 Å². The molecule has 8 heteroatoms. The van der Waals surface area contributed by atoms with Gasteiger partial charge in [0.05, 0.1) is 16.7 Å². The first-order valence-corrected chi connectivity index (χ1v) is 11.4. The van der Waals surface area contributed by atoms with Gasteiger partial charge >= 0.3 is 5.97 Å². The Hall–Kier alpha value is -3.00. The molecule has 0 radical (unpaired) electrons. The molecule has 1 aliphatic heterocycles. The summed E-state index contributed by atoms with van der Waals surface area (Å²) in [7, 11) is 0. The highest BCUT2D eigenvalue weighted by atomic mass is 32.1. The number of hydrogen-bond donors (Lipinski definition) is 1. The summed E-state index contributed by atoms with van der Waals surface area (Å²) in [6.45, 7) is 0.0603. The minimum atomic E-state index is -0.701. The van der Waals surface area contributed by atoms with E-state index in [-0.39, 0.29) is 34.9 Å². The molecule has 3 amide bonds. The van der Waals surface area contributed by atoms with Crippen molar-refractivity contribution in [2.75, 3.05) is 13.2 Å². The number of rotatable bonds is 7. The standard InChI is InChI=1S/C23H24N2O5S/c26-20(24-11-10-17-7-4-12-31-17)14-30-23(29)15-8-9-18-19(13-15)22(28)25(21(18)27)16-5-2-1-3-6-16/h4,7-9,12-13,16H,1-3,5-6,10-11,14H2,(H,24,26). The van der Waals surface area contributed by atoms with E-state index in [9.17, 15) is 19.2 Å². The first-order valence-electron chi connectivity index (χ1n) is 10.5. The van der Waals surface area contributed by atoms with Crippen molar-refractivity contribution in [1.29, 1.82) is 0 Å². The maximum absolute atomic E-state index is 12.9. The van der Waals surface area contributed by atoms with E-state index in [2.05, 4.69) is 5.32 Å². The summed E-state index contributed by atoms with van der Waals surface area (Å²) in [6, 6.07) is 8.23. The predicted molar refractivity (Wildman–Crippen MR) is 115 cm³/mol. The Kier molecular flexibility index (Phi) is 6.46. The topological polar surface area (TPSA) is 92.8 Å². The van der Waals surface area contributed by atoms with E-state index in [0.29, 0.717) is 12.1 Å². The zero-order valence-electron chi connectivity index (χ0n) is 17.1. The van der Waals surface area contributed by atoms with Crippen LogP contribution in [0.3, 0.4) is 0 Å². The van der Waals surface area contributed by atoms with Crippen LogP contribution in [0.1, 0.15) is 68.1 Å². The Balaban J connectivity index is 1.33. The van der Waals surface area contributed by atoms with Gasteiger partial charge in [0.2, 0.25) is 0 Å². The molecule has 0 saturated heterocycles.